The Labute approximate surface area is 196 Å². The fourth-order valence-corrected chi connectivity index (χ4v) is 4.33. The lowest BCUT2D eigenvalue weighted by Gasteiger charge is -2.21. The Morgan fingerprint density at radius 3 is 2.43 bits per heavy atom. The molecule has 4 aromatic rings. The number of benzene rings is 1. The number of aromatic amines is 1. The molecule has 184 valence electrons. The molecule has 0 fully saturated rings. The number of fused-ring (bicyclic) bond motifs is 1. The highest BCUT2D eigenvalue weighted by atomic mass is 32.2. The van der Waals surface area contributed by atoms with Crippen molar-refractivity contribution in [3.8, 4) is 0 Å². The molecule has 0 aliphatic heterocycles. The Hall–Kier alpha value is -3.81. The molecule has 0 radical (unpaired) electrons. The highest BCUT2D eigenvalue weighted by Gasteiger charge is 2.36. The summed E-state index contributed by atoms with van der Waals surface area (Å²) in [5.41, 5.74) is -0.980. The van der Waals surface area contributed by atoms with Gasteiger partial charge in [-0.1, -0.05) is 0 Å². The summed E-state index contributed by atoms with van der Waals surface area (Å²) < 4.78 is 78.4. The second-order valence-corrected chi connectivity index (χ2v) is 11.2. The maximum atomic E-state index is 13.6. The summed E-state index contributed by atoms with van der Waals surface area (Å²) in [6.07, 6.45) is -2.43. The molecule has 14 heteroatoms. The van der Waals surface area contributed by atoms with Gasteiger partial charge in [0.15, 0.2) is 21.3 Å². The van der Waals surface area contributed by atoms with Gasteiger partial charge in [0.1, 0.15) is 11.6 Å². The Kier molecular flexibility index (Phi) is 5.87. The minimum Gasteiger partial charge on any atom is -0.324 e. The van der Waals surface area contributed by atoms with Crippen molar-refractivity contribution in [2.24, 2.45) is 0 Å². The zero-order chi connectivity index (χ0) is 25.6. The van der Waals surface area contributed by atoms with Gasteiger partial charge < -0.3 is 10.6 Å². The van der Waals surface area contributed by atoms with E-state index in [0.717, 1.165) is 18.3 Å². The van der Waals surface area contributed by atoms with Crippen molar-refractivity contribution in [2.75, 3.05) is 10.6 Å². The number of H-pyrrole nitrogens is 1. The predicted molar refractivity (Wildman–Crippen MR) is 121 cm³/mol. The van der Waals surface area contributed by atoms with Gasteiger partial charge >= 0.3 is 6.18 Å². The molecule has 9 nitrogen and oxygen atoms in total. The van der Waals surface area contributed by atoms with Crippen molar-refractivity contribution in [1.29, 1.82) is 0 Å². The summed E-state index contributed by atoms with van der Waals surface area (Å²) >= 11 is 0. The zero-order valence-electron chi connectivity index (χ0n) is 18.6. The van der Waals surface area contributed by atoms with E-state index in [9.17, 15) is 26.0 Å². The molecule has 0 aliphatic rings. The van der Waals surface area contributed by atoms with Crippen LogP contribution in [-0.2, 0) is 16.0 Å². The molecule has 3 N–H and O–H groups in total. The third kappa shape index (κ3) is 5.01. The molecule has 0 atom stereocenters. The van der Waals surface area contributed by atoms with E-state index in [1.165, 1.54) is 39.1 Å². The lowest BCUT2D eigenvalue weighted by Crippen LogP contribution is -2.28. The lowest BCUT2D eigenvalue weighted by molar-refractivity contribution is -0.137. The molecular weight excluding hydrogens is 490 g/mol. The minimum absolute atomic E-state index is 0.113. The first kappa shape index (κ1) is 24.3. The molecular formula is C21H19F4N7O2S. The number of alkyl halides is 3. The van der Waals surface area contributed by atoms with E-state index in [1.54, 1.807) is 0 Å². The highest BCUT2D eigenvalue weighted by molar-refractivity contribution is 7.92. The highest BCUT2D eigenvalue weighted by Crippen LogP contribution is 2.36. The summed E-state index contributed by atoms with van der Waals surface area (Å²) in [6, 6.07) is 5.13. The number of nitrogens with zero attached hydrogens (tertiary/aromatic N) is 4. The van der Waals surface area contributed by atoms with E-state index in [-0.39, 0.29) is 23.3 Å². The van der Waals surface area contributed by atoms with E-state index in [2.05, 4.69) is 35.8 Å². The molecule has 0 saturated carbocycles. The van der Waals surface area contributed by atoms with Gasteiger partial charge in [0.25, 0.3) is 0 Å². The SMILES string of the molecule is CC(C)(C)S(=O)(=O)c1cc(Nc2nccc(Nc3n[nH]c4ncc(F)cc34)n2)cc(C(F)(F)F)c1. The maximum Gasteiger partial charge on any atom is 0.416 e. The van der Waals surface area contributed by atoms with Crippen molar-refractivity contribution in [2.45, 2.75) is 36.6 Å². The van der Waals surface area contributed by atoms with Gasteiger partial charge in [-0.15, -0.1) is 0 Å². The standard InChI is InChI=1S/C21H19F4N7O2S/c1-20(2,3)35(33,34)14-7-11(21(23,24)25)6-13(9-14)28-19-26-5-4-16(30-19)29-18-15-8-12(22)10-27-17(15)31-32-18/h4-10H,1-3H3,(H3,26,27,28,29,30,31,32). The number of rotatable bonds is 5. The van der Waals surface area contributed by atoms with E-state index in [4.69, 9.17) is 0 Å². The quantitative estimate of drug-likeness (QED) is 0.322. The molecule has 0 bridgehead atoms. The number of hydrogen-bond donors (Lipinski definition) is 3. The molecule has 0 spiro atoms. The van der Waals surface area contributed by atoms with Crippen LogP contribution in [0.5, 0.6) is 0 Å². The van der Waals surface area contributed by atoms with Gasteiger partial charge in [0, 0.05) is 11.9 Å². The van der Waals surface area contributed by atoms with Gasteiger partial charge in [0.2, 0.25) is 5.95 Å². The van der Waals surface area contributed by atoms with Crippen LogP contribution in [0, 0.1) is 5.82 Å². The summed E-state index contributed by atoms with van der Waals surface area (Å²) in [5, 5.41) is 12.5. The fraction of sp³-hybridized carbons (Fsp3) is 0.238. The predicted octanol–water partition coefficient (Wildman–Crippen LogP) is 4.97. The minimum atomic E-state index is -4.78. The molecule has 3 aromatic heterocycles. The average molecular weight is 509 g/mol. The van der Waals surface area contributed by atoms with E-state index in [1.807, 2.05) is 0 Å². The van der Waals surface area contributed by atoms with Crippen molar-refractivity contribution in [1.82, 2.24) is 25.1 Å². The molecule has 0 unspecified atom stereocenters. The van der Waals surface area contributed by atoms with Crippen molar-refractivity contribution >= 4 is 44.1 Å². The van der Waals surface area contributed by atoms with Gasteiger partial charge in [-0.2, -0.15) is 23.3 Å². The van der Waals surface area contributed by atoms with Crippen molar-refractivity contribution in [3.63, 3.8) is 0 Å². The van der Waals surface area contributed by atoms with Gasteiger partial charge in [0.05, 0.1) is 26.8 Å². The van der Waals surface area contributed by atoms with Crippen molar-refractivity contribution < 1.29 is 26.0 Å². The maximum absolute atomic E-state index is 13.6. The van der Waals surface area contributed by atoms with Gasteiger partial charge in [-0.25, -0.2) is 22.8 Å². The third-order valence-electron chi connectivity index (χ3n) is 4.89. The fourth-order valence-electron chi connectivity index (χ4n) is 3.06. The number of nitrogens with one attached hydrogen (secondary N) is 3. The monoisotopic (exact) mass is 509 g/mol. The van der Waals surface area contributed by atoms with Crippen LogP contribution in [0.15, 0.2) is 47.6 Å². The summed E-state index contributed by atoms with van der Waals surface area (Å²) in [4.78, 5) is 11.5. The first-order valence-corrected chi connectivity index (χ1v) is 11.6. The number of pyridine rings is 1. The number of hydrogen-bond acceptors (Lipinski definition) is 8. The summed E-state index contributed by atoms with van der Waals surface area (Å²) in [6.45, 7) is 4.19. The van der Waals surface area contributed by atoms with E-state index in [0.29, 0.717) is 17.1 Å². The molecule has 0 aliphatic carbocycles. The Morgan fingerprint density at radius 2 is 1.74 bits per heavy atom. The Bertz CT molecular complexity index is 1510. The number of aromatic nitrogens is 5. The normalized spacial score (nSPS) is 12.7. The number of sulfone groups is 1. The van der Waals surface area contributed by atoms with Gasteiger partial charge in [-0.05, 0) is 51.1 Å². The largest absolute Gasteiger partial charge is 0.416 e. The first-order valence-electron chi connectivity index (χ1n) is 10.1. The molecule has 0 saturated heterocycles. The second kappa shape index (κ2) is 8.45. The van der Waals surface area contributed by atoms with Crippen LogP contribution < -0.4 is 10.6 Å². The topological polar surface area (TPSA) is 126 Å². The third-order valence-corrected chi connectivity index (χ3v) is 7.36. The van der Waals surface area contributed by atoms with Gasteiger partial charge in [-0.3, -0.25) is 5.10 Å². The van der Waals surface area contributed by atoms with Crippen LogP contribution in [0.1, 0.15) is 26.3 Å². The van der Waals surface area contributed by atoms with Crippen LogP contribution in [0.4, 0.5) is 40.8 Å². The molecule has 35 heavy (non-hydrogen) atoms. The van der Waals surface area contributed by atoms with E-state index >= 15 is 0 Å². The Morgan fingerprint density at radius 1 is 1.00 bits per heavy atom. The van der Waals surface area contributed by atoms with Crippen LogP contribution in [-0.4, -0.2) is 38.3 Å². The average Bonchev–Trinajstić information content (AvgIpc) is 3.14. The molecule has 3 heterocycles. The molecule has 4 rings (SSSR count). The van der Waals surface area contributed by atoms with Crippen LogP contribution in [0.3, 0.4) is 0 Å². The summed E-state index contributed by atoms with van der Waals surface area (Å²) in [7, 11) is -4.08. The molecule has 1 aromatic carbocycles. The van der Waals surface area contributed by atoms with Crippen molar-refractivity contribution in [3.05, 3.63) is 54.1 Å². The zero-order valence-corrected chi connectivity index (χ0v) is 19.4. The van der Waals surface area contributed by atoms with Crippen LogP contribution >= 0.6 is 0 Å². The lowest BCUT2D eigenvalue weighted by atomic mass is 10.2. The summed E-state index contributed by atoms with van der Waals surface area (Å²) in [5.74, 6) is -0.279. The first-order chi connectivity index (χ1) is 16.2. The number of halogens is 4. The molecule has 0 amide bonds. The van der Waals surface area contributed by atoms with Crippen LogP contribution in [0.2, 0.25) is 0 Å². The second-order valence-electron chi connectivity index (χ2n) is 8.50. The van der Waals surface area contributed by atoms with Crippen LogP contribution in [0.25, 0.3) is 11.0 Å². The van der Waals surface area contributed by atoms with E-state index < -0.39 is 37.0 Å². The smallest absolute Gasteiger partial charge is 0.324 e. The number of anilines is 4. The Balaban J connectivity index is 1.68.